The first-order chi connectivity index (χ1) is 12.4. The molecule has 1 aromatic rings. The lowest BCUT2D eigenvalue weighted by Crippen LogP contribution is -2.49. The van der Waals surface area contributed by atoms with Crippen molar-refractivity contribution in [2.45, 2.75) is 32.2 Å². The molecule has 2 N–H and O–H groups in total. The molecule has 0 unspecified atom stereocenters. The number of methoxy groups -OCH3 is 1. The summed E-state index contributed by atoms with van der Waals surface area (Å²) in [5, 5.41) is 6.66. The van der Waals surface area contributed by atoms with Crippen molar-refractivity contribution in [3.8, 4) is 5.75 Å². The zero-order chi connectivity index (χ0) is 19.2. The van der Waals surface area contributed by atoms with Crippen molar-refractivity contribution in [2.24, 2.45) is 10.4 Å². The van der Waals surface area contributed by atoms with Gasteiger partial charge in [0.2, 0.25) is 5.91 Å². The van der Waals surface area contributed by atoms with Crippen molar-refractivity contribution < 1.29 is 9.53 Å². The molecule has 1 fully saturated rings. The predicted molar refractivity (Wildman–Crippen MR) is 124 cm³/mol. The zero-order valence-corrected chi connectivity index (χ0v) is 20.4. The minimum absolute atomic E-state index is 0. The van der Waals surface area contributed by atoms with Crippen LogP contribution in [-0.4, -0.2) is 51.6 Å². The molecule has 152 valence electrons. The summed E-state index contributed by atoms with van der Waals surface area (Å²) in [6, 6.07) is 5.96. The summed E-state index contributed by atoms with van der Waals surface area (Å²) in [6.07, 6.45) is 4.07. The Hall–Kier alpha value is -1.03. The van der Waals surface area contributed by atoms with Crippen molar-refractivity contribution in [1.82, 2.24) is 15.5 Å². The number of carbonyl (C=O) groups is 1. The topological polar surface area (TPSA) is 66.0 Å². The van der Waals surface area contributed by atoms with Crippen LogP contribution in [0.4, 0.5) is 0 Å². The third-order valence-electron chi connectivity index (χ3n) is 4.91. The lowest BCUT2D eigenvalue weighted by atomic mass is 9.84. The second-order valence-electron chi connectivity index (χ2n) is 6.94. The minimum Gasteiger partial charge on any atom is -0.496 e. The Labute approximate surface area is 187 Å². The smallest absolute Gasteiger partial charge is 0.230 e. The monoisotopic (exact) mass is 552 g/mol. The number of hydrogen-bond acceptors (Lipinski definition) is 3. The summed E-state index contributed by atoms with van der Waals surface area (Å²) >= 11 is 3.50. The van der Waals surface area contributed by atoms with Crippen LogP contribution in [0.15, 0.2) is 27.7 Å². The number of carbonyl (C=O) groups excluding carboxylic acids is 1. The number of rotatable bonds is 6. The average molecular weight is 553 g/mol. The van der Waals surface area contributed by atoms with Gasteiger partial charge in [-0.05, 0) is 46.5 Å². The maximum atomic E-state index is 12.7. The molecule has 0 atom stereocenters. The molecule has 1 aromatic carbocycles. The number of guanidine groups is 1. The van der Waals surface area contributed by atoms with E-state index in [0.717, 1.165) is 41.5 Å². The SMILES string of the molecule is CN=C(NCc1ccc(OC)c(Br)c1)NCC1(C(=O)N(C)C)CCCC1.I. The van der Waals surface area contributed by atoms with E-state index in [1.54, 1.807) is 19.1 Å². The van der Waals surface area contributed by atoms with Gasteiger partial charge in [-0.15, -0.1) is 24.0 Å². The third kappa shape index (κ3) is 6.23. The lowest BCUT2D eigenvalue weighted by Gasteiger charge is -2.31. The highest BCUT2D eigenvalue weighted by atomic mass is 127. The van der Waals surface area contributed by atoms with Crippen molar-refractivity contribution in [2.75, 3.05) is 34.8 Å². The van der Waals surface area contributed by atoms with Gasteiger partial charge in [0.1, 0.15) is 5.75 Å². The van der Waals surface area contributed by atoms with E-state index in [9.17, 15) is 4.79 Å². The molecule has 0 spiro atoms. The quantitative estimate of drug-likeness (QED) is 0.322. The van der Waals surface area contributed by atoms with Crippen LogP contribution in [0.25, 0.3) is 0 Å². The van der Waals surface area contributed by atoms with Crippen molar-refractivity contribution in [3.63, 3.8) is 0 Å². The fraction of sp³-hybridized carbons (Fsp3) is 0.579. The Morgan fingerprint density at radius 1 is 1.30 bits per heavy atom. The molecule has 6 nitrogen and oxygen atoms in total. The predicted octanol–water partition coefficient (Wildman–Crippen LogP) is 3.39. The van der Waals surface area contributed by atoms with Gasteiger partial charge < -0.3 is 20.3 Å². The van der Waals surface area contributed by atoms with E-state index in [1.165, 1.54) is 0 Å². The first kappa shape index (κ1) is 24.0. The van der Waals surface area contributed by atoms with E-state index in [4.69, 9.17) is 4.74 Å². The highest BCUT2D eigenvalue weighted by Crippen LogP contribution is 2.38. The van der Waals surface area contributed by atoms with Gasteiger partial charge in [0, 0.05) is 34.2 Å². The van der Waals surface area contributed by atoms with Crippen LogP contribution in [0.3, 0.4) is 0 Å². The molecule has 1 amide bonds. The summed E-state index contributed by atoms with van der Waals surface area (Å²) in [6.45, 7) is 1.24. The third-order valence-corrected chi connectivity index (χ3v) is 5.53. The van der Waals surface area contributed by atoms with E-state index in [0.29, 0.717) is 19.0 Å². The second kappa shape index (κ2) is 11.1. The molecule has 1 aliphatic carbocycles. The molecule has 0 saturated heterocycles. The highest BCUT2D eigenvalue weighted by molar-refractivity contribution is 14.0. The van der Waals surface area contributed by atoms with Crippen LogP contribution >= 0.6 is 39.9 Å². The number of aliphatic imine (C=N–C) groups is 1. The van der Waals surface area contributed by atoms with Crippen LogP contribution in [0.1, 0.15) is 31.2 Å². The van der Waals surface area contributed by atoms with Gasteiger partial charge in [-0.25, -0.2) is 0 Å². The molecule has 27 heavy (non-hydrogen) atoms. The molecule has 1 aliphatic rings. The number of ether oxygens (including phenoxy) is 1. The molecule has 0 heterocycles. The Morgan fingerprint density at radius 3 is 2.48 bits per heavy atom. The van der Waals surface area contributed by atoms with Gasteiger partial charge in [0.15, 0.2) is 5.96 Å². The molecular weight excluding hydrogens is 523 g/mol. The first-order valence-electron chi connectivity index (χ1n) is 8.90. The van der Waals surface area contributed by atoms with Crippen molar-refractivity contribution in [1.29, 1.82) is 0 Å². The van der Waals surface area contributed by atoms with Crippen LogP contribution in [0.2, 0.25) is 0 Å². The molecule has 0 bridgehead atoms. The minimum atomic E-state index is -0.315. The molecular formula is C19H30BrIN4O2. The molecule has 0 aliphatic heterocycles. The first-order valence-corrected chi connectivity index (χ1v) is 9.70. The Balaban J connectivity index is 0.00000364. The van der Waals surface area contributed by atoms with Gasteiger partial charge in [-0.3, -0.25) is 9.79 Å². The largest absolute Gasteiger partial charge is 0.496 e. The van der Waals surface area contributed by atoms with Crippen LogP contribution in [0, 0.1) is 5.41 Å². The Kier molecular flexibility index (Phi) is 9.86. The van der Waals surface area contributed by atoms with Gasteiger partial charge >= 0.3 is 0 Å². The molecule has 0 radical (unpaired) electrons. The van der Waals surface area contributed by atoms with E-state index < -0.39 is 0 Å². The van der Waals surface area contributed by atoms with Gasteiger partial charge in [-0.2, -0.15) is 0 Å². The fourth-order valence-corrected chi connectivity index (χ4v) is 4.06. The number of nitrogens with zero attached hydrogens (tertiary/aromatic N) is 2. The summed E-state index contributed by atoms with van der Waals surface area (Å²) in [7, 11) is 7.06. The van der Waals surface area contributed by atoms with E-state index >= 15 is 0 Å². The maximum absolute atomic E-state index is 12.7. The molecule has 0 aromatic heterocycles. The van der Waals surface area contributed by atoms with Crippen molar-refractivity contribution >= 4 is 51.8 Å². The van der Waals surface area contributed by atoms with Crippen LogP contribution < -0.4 is 15.4 Å². The van der Waals surface area contributed by atoms with E-state index in [1.807, 2.05) is 32.3 Å². The second-order valence-corrected chi connectivity index (χ2v) is 7.79. The number of amides is 1. The van der Waals surface area contributed by atoms with Gasteiger partial charge in [0.25, 0.3) is 0 Å². The maximum Gasteiger partial charge on any atom is 0.230 e. The summed E-state index contributed by atoms with van der Waals surface area (Å²) in [4.78, 5) is 18.6. The fourth-order valence-electron chi connectivity index (χ4n) is 3.47. The Bertz CT molecular complexity index is 661. The normalized spacial score (nSPS) is 15.7. The van der Waals surface area contributed by atoms with Crippen molar-refractivity contribution in [3.05, 3.63) is 28.2 Å². The molecule has 1 saturated carbocycles. The number of halogens is 2. The molecule has 2 rings (SSSR count). The van der Waals surface area contributed by atoms with Gasteiger partial charge in [-0.1, -0.05) is 18.9 Å². The van der Waals surface area contributed by atoms with E-state index in [-0.39, 0.29) is 35.3 Å². The van der Waals surface area contributed by atoms with Gasteiger partial charge in [0.05, 0.1) is 17.0 Å². The molecule has 8 heteroatoms. The highest BCUT2D eigenvalue weighted by Gasteiger charge is 2.42. The number of nitrogens with one attached hydrogen (secondary N) is 2. The summed E-state index contributed by atoms with van der Waals surface area (Å²) < 4.78 is 6.18. The van der Waals surface area contributed by atoms with E-state index in [2.05, 4.69) is 31.6 Å². The average Bonchev–Trinajstić information content (AvgIpc) is 3.11. The van der Waals surface area contributed by atoms with Crippen LogP contribution in [0.5, 0.6) is 5.75 Å². The summed E-state index contributed by atoms with van der Waals surface area (Å²) in [5.74, 6) is 1.72. The Morgan fingerprint density at radius 2 is 1.96 bits per heavy atom. The number of hydrogen-bond donors (Lipinski definition) is 2. The lowest BCUT2D eigenvalue weighted by molar-refractivity contribution is -0.138. The standard InChI is InChI=1S/C19H29BrN4O2.HI/c1-21-18(22-12-14-7-8-16(26-4)15(20)11-14)23-13-19(9-5-6-10-19)17(25)24(2)3;/h7-8,11H,5-6,9-10,12-13H2,1-4H3,(H2,21,22,23);1H. The zero-order valence-electron chi connectivity index (χ0n) is 16.5. The summed E-state index contributed by atoms with van der Waals surface area (Å²) in [5.41, 5.74) is 0.796. The van der Waals surface area contributed by atoms with Crippen LogP contribution in [-0.2, 0) is 11.3 Å². The number of benzene rings is 1.